The maximum Gasteiger partial charge on any atom is 0.286 e. The van der Waals surface area contributed by atoms with E-state index in [1.54, 1.807) is 0 Å². The lowest BCUT2D eigenvalue weighted by Gasteiger charge is -2.37. The van der Waals surface area contributed by atoms with Gasteiger partial charge in [0, 0.05) is 30.4 Å². The van der Waals surface area contributed by atoms with Gasteiger partial charge >= 0.3 is 0 Å². The lowest BCUT2D eigenvalue weighted by atomic mass is 9.91. The number of nitrogens with one attached hydrogen (secondary N) is 1. The SMILES string of the molecule is CC(=O)N1NC(=O)c2c(c3cc(OCc4ccccc4)ccc3n2C)C1C(C)C. The van der Waals surface area contributed by atoms with E-state index >= 15 is 0 Å². The molecule has 0 aliphatic carbocycles. The van der Waals surface area contributed by atoms with Crippen LogP contribution >= 0.6 is 0 Å². The van der Waals surface area contributed by atoms with Crippen molar-refractivity contribution in [2.75, 3.05) is 0 Å². The highest BCUT2D eigenvalue weighted by Crippen LogP contribution is 2.40. The quantitative estimate of drug-likeness (QED) is 0.732. The van der Waals surface area contributed by atoms with Gasteiger partial charge in [0.1, 0.15) is 18.1 Å². The number of hydrogen-bond acceptors (Lipinski definition) is 3. The first-order chi connectivity index (χ1) is 13.9. The third kappa shape index (κ3) is 3.24. The van der Waals surface area contributed by atoms with Gasteiger partial charge < -0.3 is 9.30 Å². The number of aromatic nitrogens is 1. The van der Waals surface area contributed by atoms with E-state index in [-0.39, 0.29) is 23.8 Å². The van der Waals surface area contributed by atoms with Gasteiger partial charge in [0.05, 0.1) is 6.04 Å². The summed E-state index contributed by atoms with van der Waals surface area (Å²) in [6.07, 6.45) is 0. The number of carbonyl (C=O) groups excluding carboxylic acids is 2. The van der Waals surface area contributed by atoms with E-state index < -0.39 is 0 Å². The van der Waals surface area contributed by atoms with Crippen LogP contribution in [-0.4, -0.2) is 21.4 Å². The number of rotatable bonds is 4. The molecule has 2 heterocycles. The molecule has 0 saturated heterocycles. The summed E-state index contributed by atoms with van der Waals surface area (Å²) in [6, 6.07) is 15.6. The van der Waals surface area contributed by atoms with E-state index in [9.17, 15) is 9.59 Å². The number of nitrogens with zero attached hydrogens (tertiary/aromatic N) is 2. The zero-order valence-electron chi connectivity index (χ0n) is 17.1. The Bertz CT molecular complexity index is 1090. The molecule has 0 fully saturated rings. The molecule has 1 aromatic heterocycles. The molecule has 6 nitrogen and oxygen atoms in total. The van der Waals surface area contributed by atoms with Crippen LogP contribution in [0.4, 0.5) is 0 Å². The number of hydrazine groups is 1. The summed E-state index contributed by atoms with van der Waals surface area (Å²) in [5.41, 5.74) is 6.26. The maximum absolute atomic E-state index is 12.8. The average molecular weight is 391 g/mol. The molecular weight excluding hydrogens is 366 g/mol. The van der Waals surface area contributed by atoms with E-state index in [0.29, 0.717) is 12.3 Å². The number of benzene rings is 2. The molecule has 0 spiro atoms. The third-order valence-electron chi connectivity index (χ3n) is 5.44. The summed E-state index contributed by atoms with van der Waals surface area (Å²) in [4.78, 5) is 25.0. The lowest BCUT2D eigenvalue weighted by Crippen LogP contribution is -2.52. The zero-order chi connectivity index (χ0) is 20.7. The molecule has 1 unspecified atom stereocenters. The van der Waals surface area contributed by atoms with Crippen LogP contribution in [0.2, 0.25) is 0 Å². The Kier molecular flexibility index (Phi) is 4.78. The Morgan fingerprint density at radius 3 is 2.55 bits per heavy atom. The molecule has 0 bridgehead atoms. The Morgan fingerprint density at radius 1 is 1.17 bits per heavy atom. The third-order valence-corrected chi connectivity index (χ3v) is 5.44. The van der Waals surface area contributed by atoms with Gasteiger partial charge in [0.2, 0.25) is 5.91 Å². The molecule has 4 rings (SSSR count). The molecule has 150 valence electrons. The van der Waals surface area contributed by atoms with E-state index in [1.165, 1.54) is 11.9 Å². The first-order valence-electron chi connectivity index (χ1n) is 9.78. The summed E-state index contributed by atoms with van der Waals surface area (Å²) in [6.45, 7) is 6.04. The molecule has 29 heavy (non-hydrogen) atoms. The normalized spacial score (nSPS) is 16.1. The Balaban J connectivity index is 1.81. The Hall–Kier alpha value is -3.28. The Labute approximate surface area is 170 Å². The lowest BCUT2D eigenvalue weighted by molar-refractivity contribution is -0.135. The molecule has 1 aliphatic heterocycles. The minimum absolute atomic E-state index is 0.123. The van der Waals surface area contributed by atoms with Gasteiger partial charge in [-0.1, -0.05) is 44.2 Å². The number of amides is 2. The fourth-order valence-electron chi connectivity index (χ4n) is 4.12. The molecule has 6 heteroatoms. The van der Waals surface area contributed by atoms with E-state index in [0.717, 1.165) is 27.8 Å². The predicted octanol–water partition coefficient (Wildman–Crippen LogP) is 3.96. The van der Waals surface area contributed by atoms with Crippen molar-refractivity contribution in [2.24, 2.45) is 13.0 Å². The molecule has 1 atom stereocenters. The second kappa shape index (κ2) is 7.28. The van der Waals surface area contributed by atoms with Crippen LogP contribution in [0, 0.1) is 5.92 Å². The number of carbonyl (C=O) groups is 2. The van der Waals surface area contributed by atoms with Crippen molar-refractivity contribution in [1.29, 1.82) is 0 Å². The predicted molar refractivity (Wildman–Crippen MR) is 111 cm³/mol. The largest absolute Gasteiger partial charge is 0.489 e. The van der Waals surface area contributed by atoms with Gasteiger partial charge in [-0.2, -0.15) is 0 Å². The van der Waals surface area contributed by atoms with Gasteiger partial charge in [-0.25, -0.2) is 5.01 Å². The number of hydrogen-bond donors (Lipinski definition) is 1. The van der Waals surface area contributed by atoms with Crippen molar-refractivity contribution >= 4 is 22.7 Å². The molecule has 2 aromatic carbocycles. The first kappa shape index (κ1) is 19.1. The smallest absolute Gasteiger partial charge is 0.286 e. The summed E-state index contributed by atoms with van der Waals surface area (Å²) in [5, 5.41) is 2.39. The van der Waals surface area contributed by atoms with Crippen LogP contribution in [0.15, 0.2) is 48.5 Å². The first-order valence-corrected chi connectivity index (χ1v) is 9.78. The van der Waals surface area contributed by atoms with Crippen LogP contribution in [0.5, 0.6) is 5.75 Å². The fraction of sp³-hybridized carbons (Fsp3) is 0.304. The fourth-order valence-corrected chi connectivity index (χ4v) is 4.12. The van der Waals surface area contributed by atoms with E-state index in [1.807, 2.05) is 60.1 Å². The van der Waals surface area contributed by atoms with Crippen LogP contribution in [-0.2, 0) is 18.4 Å². The molecule has 1 N–H and O–H groups in total. The van der Waals surface area contributed by atoms with Crippen LogP contribution in [0.3, 0.4) is 0 Å². The van der Waals surface area contributed by atoms with Crippen molar-refractivity contribution in [3.05, 3.63) is 65.4 Å². The summed E-state index contributed by atoms with van der Waals surface area (Å²) in [5.74, 6) is 0.407. The molecule has 2 amide bonds. The summed E-state index contributed by atoms with van der Waals surface area (Å²) < 4.78 is 7.90. The van der Waals surface area contributed by atoms with Crippen LogP contribution < -0.4 is 10.2 Å². The van der Waals surface area contributed by atoms with Crippen molar-refractivity contribution in [3.8, 4) is 5.75 Å². The topological polar surface area (TPSA) is 63.6 Å². The van der Waals surface area contributed by atoms with Gasteiger partial charge in [-0.15, -0.1) is 0 Å². The molecule has 0 saturated carbocycles. The molecule has 3 aromatic rings. The second-order valence-corrected chi connectivity index (χ2v) is 7.79. The molecular formula is C23H25N3O3. The van der Waals surface area contributed by atoms with E-state index in [4.69, 9.17) is 4.74 Å². The highest BCUT2D eigenvalue weighted by molar-refractivity contribution is 6.04. The standard InChI is InChI=1S/C23H25N3O3/c1-14(2)21-20-18-12-17(29-13-16-8-6-5-7-9-16)10-11-19(18)25(4)22(20)23(28)24-26(21)15(3)27/h5-12,14,21H,13H2,1-4H3,(H,24,28). The molecule has 0 radical (unpaired) electrons. The minimum Gasteiger partial charge on any atom is -0.489 e. The van der Waals surface area contributed by atoms with Crippen molar-refractivity contribution in [2.45, 2.75) is 33.4 Å². The monoisotopic (exact) mass is 391 g/mol. The maximum atomic E-state index is 12.8. The minimum atomic E-state index is -0.266. The number of ether oxygens (including phenoxy) is 1. The second-order valence-electron chi connectivity index (χ2n) is 7.79. The summed E-state index contributed by atoms with van der Waals surface area (Å²) in [7, 11) is 1.88. The van der Waals surface area contributed by atoms with E-state index in [2.05, 4.69) is 19.3 Å². The highest BCUT2D eigenvalue weighted by Gasteiger charge is 2.39. The number of fused-ring (bicyclic) bond motifs is 3. The van der Waals surface area contributed by atoms with Gasteiger partial charge in [0.15, 0.2) is 0 Å². The van der Waals surface area contributed by atoms with Gasteiger partial charge in [-0.3, -0.25) is 15.0 Å². The van der Waals surface area contributed by atoms with Crippen molar-refractivity contribution in [1.82, 2.24) is 15.0 Å². The van der Waals surface area contributed by atoms with Crippen LogP contribution in [0.25, 0.3) is 10.9 Å². The number of aryl methyl sites for hydroxylation is 1. The zero-order valence-corrected chi connectivity index (χ0v) is 17.1. The Morgan fingerprint density at radius 2 is 1.90 bits per heavy atom. The van der Waals surface area contributed by atoms with Gasteiger partial charge in [0.25, 0.3) is 5.91 Å². The highest BCUT2D eigenvalue weighted by atomic mass is 16.5. The van der Waals surface area contributed by atoms with Gasteiger partial charge in [-0.05, 0) is 29.7 Å². The summed E-state index contributed by atoms with van der Waals surface area (Å²) >= 11 is 0. The van der Waals surface area contributed by atoms with Crippen LogP contribution in [0.1, 0.15) is 48.4 Å². The average Bonchev–Trinajstić information content (AvgIpc) is 2.99. The van der Waals surface area contributed by atoms with Crippen molar-refractivity contribution < 1.29 is 14.3 Å². The molecule has 1 aliphatic rings. The van der Waals surface area contributed by atoms with Crippen molar-refractivity contribution in [3.63, 3.8) is 0 Å².